The van der Waals surface area contributed by atoms with Crippen LogP contribution in [0.15, 0.2) is 9.47 Å². The van der Waals surface area contributed by atoms with Crippen LogP contribution < -0.4 is 0 Å². The third-order valence-corrected chi connectivity index (χ3v) is 1.92. The summed E-state index contributed by atoms with van der Waals surface area (Å²) in [6.07, 6.45) is 0. The SMILES string of the molecule is OC/C(Br)=C\Br. The van der Waals surface area contributed by atoms with E-state index in [0.717, 1.165) is 4.48 Å². The van der Waals surface area contributed by atoms with Crippen LogP contribution in [0.1, 0.15) is 0 Å². The first kappa shape index (κ1) is 6.66. The van der Waals surface area contributed by atoms with E-state index in [1.165, 1.54) is 0 Å². The van der Waals surface area contributed by atoms with Crippen LogP contribution in [0.25, 0.3) is 0 Å². The van der Waals surface area contributed by atoms with E-state index in [9.17, 15) is 0 Å². The maximum Gasteiger partial charge on any atom is 0.0752 e. The molecule has 0 unspecified atom stereocenters. The first-order chi connectivity index (χ1) is 2.81. The summed E-state index contributed by atoms with van der Waals surface area (Å²) in [5, 5.41) is 8.19. The molecule has 0 aromatic carbocycles. The zero-order valence-corrected chi connectivity index (χ0v) is 6.16. The van der Waals surface area contributed by atoms with Crippen LogP contribution in [0.2, 0.25) is 0 Å². The first-order valence-electron chi connectivity index (χ1n) is 1.37. The fourth-order valence-electron chi connectivity index (χ4n) is 0.0345. The van der Waals surface area contributed by atoms with Crippen LogP contribution in [-0.4, -0.2) is 11.7 Å². The van der Waals surface area contributed by atoms with Crippen molar-refractivity contribution in [2.75, 3.05) is 6.61 Å². The molecule has 0 rings (SSSR count). The Morgan fingerprint density at radius 1 is 1.83 bits per heavy atom. The smallest absolute Gasteiger partial charge is 0.0752 e. The van der Waals surface area contributed by atoms with Crippen molar-refractivity contribution in [3.63, 3.8) is 0 Å². The van der Waals surface area contributed by atoms with Gasteiger partial charge in [0.1, 0.15) is 0 Å². The molecule has 36 valence electrons. The van der Waals surface area contributed by atoms with Gasteiger partial charge in [-0.3, -0.25) is 0 Å². The highest BCUT2D eigenvalue weighted by Gasteiger charge is 1.78. The summed E-state index contributed by atoms with van der Waals surface area (Å²) in [6.45, 7) is 0.0608. The maximum absolute atomic E-state index is 8.19. The Morgan fingerprint density at radius 3 is 2.33 bits per heavy atom. The number of rotatable bonds is 1. The van der Waals surface area contributed by atoms with E-state index in [1.807, 2.05) is 0 Å². The molecule has 0 saturated carbocycles. The number of aliphatic hydroxyl groups excluding tert-OH is 1. The molecule has 0 fully saturated rings. The molecule has 6 heavy (non-hydrogen) atoms. The molecule has 0 heterocycles. The molecule has 1 nitrogen and oxygen atoms in total. The zero-order chi connectivity index (χ0) is 4.99. The summed E-state index contributed by atoms with van der Waals surface area (Å²) in [7, 11) is 0. The van der Waals surface area contributed by atoms with Gasteiger partial charge in [0.2, 0.25) is 0 Å². The molecule has 0 saturated heterocycles. The van der Waals surface area contributed by atoms with E-state index in [1.54, 1.807) is 4.99 Å². The second-order valence-corrected chi connectivity index (χ2v) is 2.19. The predicted octanol–water partition coefficient (Wildman–Crippen LogP) is 1.61. The van der Waals surface area contributed by atoms with E-state index in [2.05, 4.69) is 31.9 Å². The van der Waals surface area contributed by atoms with Crippen LogP contribution >= 0.6 is 31.9 Å². The van der Waals surface area contributed by atoms with Crippen LogP contribution in [0.5, 0.6) is 0 Å². The van der Waals surface area contributed by atoms with E-state index in [4.69, 9.17) is 5.11 Å². The zero-order valence-electron chi connectivity index (χ0n) is 2.99. The van der Waals surface area contributed by atoms with Gasteiger partial charge in [0.05, 0.1) is 6.61 Å². The van der Waals surface area contributed by atoms with Crippen LogP contribution in [0.3, 0.4) is 0 Å². The minimum absolute atomic E-state index is 0.0608. The van der Waals surface area contributed by atoms with E-state index >= 15 is 0 Å². The highest BCUT2D eigenvalue weighted by Crippen LogP contribution is 2.04. The van der Waals surface area contributed by atoms with Gasteiger partial charge >= 0.3 is 0 Å². The molecular formula is C3H4Br2O. The molecule has 0 aromatic heterocycles. The first-order valence-corrected chi connectivity index (χ1v) is 3.07. The number of hydrogen-bond acceptors (Lipinski definition) is 1. The summed E-state index contributed by atoms with van der Waals surface area (Å²) in [5.74, 6) is 0. The van der Waals surface area contributed by atoms with Crippen LogP contribution in [-0.2, 0) is 0 Å². The van der Waals surface area contributed by atoms with Crippen molar-refractivity contribution in [1.82, 2.24) is 0 Å². The van der Waals surface area contributed by atoms with Gasteiger partial charge in [0.15, 0.2) is 0 Å². The lowest BCUT2D eigenvalue weighted by Gasteiger charge is -1.80. The lowest BCUT2D eigenvalue weighted by molar-refractivity contribution is 0.340. The third kappa shape index (κ3) is 2.87. The van der Waals surface area contributed by atoms with Gasteiger partial charge in [-0.05, 0) is 4.99 Å². The van der Waals surface area contributed by atoms with Crippen LogP contribution in [0, 0.1) is 0 Å². The van der Waals surface area contributed by atoms with Crippen molar-refractivity contribution >= 4 is 31.9 Å². The lowest BCUT2D eigenvalue weighted by Crippen LogP contribution is -1.74. The van der Waals surface area contributed by atoms with Gasteiger partial charge in [0, 0.05) is 4.48 Å². The van der Waals surface area contributed by atoms with Crippen molar-refractivity contribution < 1.29 is 5.11 Å². The quantitative estimate of drug-likeness (QED) is 0.705. The van der Waals surface area contributed by atoms with Gasteiger partial charge in [-0.15, -0.1) is 0 Å². The lowest BCUT2D eigenvalue weighted by atomic mass is 10.7. The summed E-state index contributed by atoms with van der Waals surface area (Å²) in [5.41, 5.74) is 0. The molecule has 0 aliphatic heterocycles. The van der Waals surface area contributed by atoms with Crippen LogP contribution in [0.4, 0.5) is 0 Å². The van der Waals surface area contributed by atoms with Gasteiger partial charge < -0.3 is 5.11 Å². The number of aliphatic hydroxyl groups is 1. The van der Waals surface area contributed by atoms with Gasteiger partial charge in [-0.1, -0.05) is 31.9 Å². The van der Waals surface area contributed by atoms with E-state index in [0.29, 0.717) is 0 Å². The summed E-state index contributed by atoms with van der Waals surface area (Å²) >= 11 is 6.05. The highest BCUT2D eigenvalue weighted by molar-refractivity contribution is 9.14. The molecule has 0 aliphatic carbocycles. The minimum atomic E-state index is 0.0608. The highest BCUT2D eigenvalue weighted by atomic mass is 79.9. The van der Waals surface area contributed by atoms with Gasteiger partial charge in [-0.25, -0.2) is 0 Å². The number of halogens is 2. The standard InChI is InChI=1S/C3H4Br2O/c4-1-3(5)2-6/h1,6H,2H2/b3-1+. The fourth-order valence-corrected chi connectivity index (χ4v) is 0.179. The Kier molecular flexibility index (Phi) is 4.26. The molecule has 0 aliphatic rings. The summed E-state index contributed by atoms with van der Waals surface area (Å²) in [6, 6.07) is 0. The predicted molar refractivity (Wildman–Crippen MR) is 33.0 cm³/mol. The molecule has 0 aromatic rings. The van der Waals surface area contributed by atoms with Crippen molar-refractivity contribution in [1.29, 1.82) is 0 Å². The minimum Gasteiger partial charge on any atom is -0.391 e. The molecular weight excluding hydrogens is 212 g/mol. The largest absolute Gasteiger partial charge is 0.391 e. The molecule has 0 spiro atoms. The molecule has 1 N–H and O–H groups in total. The molecule has 0 amide bonds. The summed E-state index contributed by atoms with van der Waals surface area (Å²) in [4.78, 5) is 1.62. The average molecular weight is 216 g/mol. The van der Waals surface area contributed by atoms with E-state index in [-0.39, 0.29) is 6.61 Å². The maximum atomic E-state index is 8.19. The third-order valence-electron chi connectivity index (χ3n) is 0.269. The van der Waals surface area contributed by atoms with Crippen molar-refractivity contribution in [3.8, 4) is 0 Å². The Bertz CT molecular complexity index is 59.8. The average Bonchev–Trinajstić information content (AvgIpc) is 1.65. The Balaban J connectivity index is 3.22. The Hall–Kier alpha value is 0.660. The molecule has 0 radical (unpaired) electrons. The van der Waals surface area contributed by atoms with Crippen molar-refractivity contribution in [3.05, 3.63) is 9.47 Å². The second kappa shape index (κ2) is 3.84. The van der Waals surface area contributed by atoms with Crippen molar-refractivity contribution in [2.24, 2.45) is 0 Å². The molecule has 0 atom stereocenters. The topological polar surface area (TPSA) is 20.2 Å². The monoisotopic (exact) mass is 214 g/mol. The fraction of sp³-hybridized carbons (Fsp3) is 0.333. The Morgan fingerprint density at radius 2 is 2.33 bits per heavy atom. The Labute approximate surface area is 53.3 Å². The second-order valence-electron chi connectivity index (χ2n) is 0.714. The van der Waals surface area contributed by atoms with E-state index < -0.39 is 0 Å². The normalized spacial score (nSPS) is 12.2. The van der Waals surface area contributed by atoms with Gasteiger partial charge in [-0.2, -0.15) is 0 Å². The van der Waals surface area contributed by atoms with Gasteiger partial charge in [0.25, 0.3) is 0 Å². The summed E-state index contributed by atoms with van der Waals surface area (Å²) < 4.78 is 0.752. The molecule has 0 bridgehead atoms. The molecule has 3 heteroatoms. The van der Waals surface area contributed by atoms with Crippen molar-refractivity contribution in [2.45, 2.75) is 0 Å². The number of hydrogen-bond donors (Lipinski definition) is 1.